The van der Waals surface area contributed by atoms with E-state index in [1.54, 1.807) is 5.38 Å². The molecule has 1 atom stereocenters. The summed E-state index contributed by atoms with van der Waals surface area (Å²) in [5, 5.41) is 13.8. The molecule has 4 aromatic rings. The van der Waals surface area contributed by atoms with Crippen molar-refractivity contribution in [1.82, 2.24) is 35.2 Å². The van der Waals surface area contributed by atoms with Crippen LogP contribution in [-0.2, 0) is 12.6 Å². The fourth-order valence-electron chi connectivity index (χ4n) is 4.07. The van der Waals surface area contributed by atoms with E-state index in [0.717, 1.165) is 54.9 Å². The molecule has 1 fully saturated rings. The summed E-state index contributed by atoms with van der Waals surface area (Å²) in [5.74, 6) is 0.621. The number of nitrogens with zero attached hydrogens (tertiary/aromatic N) is 8. The fraction of sp³-hybridized carbons (Fsp3) is 0.391. The fourth-order valence-corrected chi connectivity index (χ4v) is 5.07. The second kappa shape index (κ2) is 10.2. The first-order valence-corrected chi connectivity index (χ1v) is 12.4. The lowest BCUT2D eigenvalue weighted by atomic mass is 9.98. The van der Waals surface area contributed by atoms with Gasteiger partial charge < -0.3 is 9.64 Å². The Morgan fingerprint density at radius 1 is 1.14 bits per heavy atom. The second-order valence-corrected chi connectivity index (χ2v) is 9.26. The molecule has 1 unspecified atom stereocenters. The van der Waals surface area contributed by atoms with Crippen LogP contribution >= 0.6 is 11.3 Å². The Labute approximate surface area is 209 Å². The summed E-state index contributed by atoms with van der Waals surface area (Å²) in [6.07, 6.45) is 2.02. The number of alkyl halides is 3. The van der Waals surface area contributed by atoms with Gasteiger partial charge in [0.25, 0.3) is 0 Å². The SMILES string of the molecule is CCc1cnc(N2CCC(c3nc(C(Oc4ccccc4C(F)(F)F)n4cnnn4)cs3)CC2)nc1. The lowest BCUT2D eigenvalue weighted by Gasteiger charge is -2.31. The number of ether oxygens (including phenoxy) is 1. The van der Waals surface area contributed by atoms with Crippen molar-refractivity contribution in [2.24, 2.45) is 0 Å². The van der Waals surface area contributed by atoms with E-state index in [1.165, 1.54) is 40.5 Å². The predicted octanol–water partition coefficient (Wildman–Crippen LogP) is 4.51. The summed E-state index contributed by atoms with van der Waals surface area (Å²) in [6.45, 7) is 3.64. The van der Waals surface area contributed by atoms with Crippen LogP contribution in [0.2, 0.25) is 0 Å². The summed E-state index contributed by atoms with van der Waals surface area (Å²) in [7, 11) is 0. The first kappa shape index (κ1) is 24.1. The average Bonchev–Trinajstić information content (AvgIpc) is 3.60. The van der Waals surface area contributed by atoms with Crippen LogP contribution in [-0.4, -0.2) is 48.2 Å². The first-order chi connectivity index (χ1) is 17.4. The van der Waals surface area contributed by atoms with Gasteiger partial charge in [0.15, 0.2) is 0 Å². The van der Waals surface area contributed by atoms with E-state index < -0.39 is 18.0 Å². The topological polar surface area (TPSA) is 94.7 Å². The van der Waals surface area contributed by atoms with E-state index in [2.05, 4.69) is 37.3 Å². The van der Waals surface area contributed by atoms with Gasteiger partial charge in [0.2, 0.25) is 12.2 Å². The van der Waals surface area contributed by atoms with Crippen molar-refractivity contribution in [2.45, 2.75) is 44.5 Å². The van der Waals surface area contributed by atoms with Gasteiger partial charge in [-0.25, -0.2) is 15.0 Å². The van der Waals surface area contributed by atoms with Crippen LogP contribution in [0, 0.1) is 0 Å². The maximum absolute atomic E-state index is 13.5. The van der Waals surface area contributed by atoms with Gasteiger partial charge in [-0.05, 0) is 47.4 Å². The average molecular weight is 517 g/mol. The Hall–Kier alpha value is -3.61. The number of rotatable bonds is 7. The lowest BCUT2D eigenvalue weighted by Crippen LogP contribution is -2.34. The molecule has 0 saturated carbocycles. The van der Waals surface area contributed by atoms with Gasteiger partial charge in [0.05, 0.1) is 10.6 Å². The highest BCUT2D eigenvalue weighted by molar-refractivity contribution is 7.09. The van der Waals surface area contributed by atoms with E-state index in [1.807, 2.05) is 12.4 Å². The van der Waals surface area contributed by atoms with E-state index in [-0.39, 0.29) is 11.7 Å². The third kappa shape index (κ3) is 5.15. The first-order valence-electron chi connectivity index (χ1n) is 11.5. The molecule has 3 aromatic heterocycles. The molecule has 0 spiro atoms. The number of aryl methyl sites for hydroxylation is 1. The molecule has 13 heteroatoms. The molecule has 188 valence electrons. The Balaban J connectivity index is 1.32. The number of tetrazole rings is 1. The molecule has 0 aliphatic carbocycles. The van der Waals surface area contributed by atoms with Gasteiger partial charge in [-0.3, -0.25) is 0 Å². The number of hydrogen-bond donors (Lipinski definition) is 0. The molecule has 1 aliphatic heterocycles. The number of hydrogen-bond acceptors (Lipinski definition) is 9. The smallest absolute Gasteiger partial charge is 0.419 e. The maximum Gasteiger partial charge on any atom is 0.419 e. The van der Waals surface area contributed by atoms with Crippen LogP contribution in [0.3, 0.4) is 0 Å². The van der Waals surface area contributed by atoms with Crippen molar-refractivity contribution in [3.63, 3.8) is 0 Å². The number of halogens is 3. The molecule has 36 heavy (non-hydrogen) atoms. The van der Waals surface area contributed by atoms with E-state index in [4.69, 9.17) is 9.72 Å². The van der Waals surface area contributed by atoms with Gasteiger partial charge in [0, 0.05) is 36.8 Å². The number of piperidine rings is 1. The van der Waals surface area contributed by atoms with Crippen molar-refractivity contribution in [1.29, 1.82) is 0 Å². The molecule has 5 rings (SSSR count). The van der Waals surface area contributed by atoms with Gasteiger partial charge in [0.1, 0.15) is 17.8 Å². The minimum absolute atomic E-state index is 0.215. The predicted molar refractivity (Wildman–Crippen MR) is 126 cm³/mol. The van der Waals surface area contributed by atoms with Crippen molar-refractivity contribution in [2.75, 3.05) is 18.0 Å². The number of benzene rings is 1. The molecular weight excluding hydrogens is 493 g/mol. The summed E-state index contributed by atoms with van der Waals surface area (Å²) in [4.78, 5) is 15.9. The van der Waals surface area contributed by atoms with Crippen LogP contribution in [0.4, 0.5) is 19.1 Å². The summed E-state index contributed by atoms with van der Waals surface area (Å²) in [5.41, 5.74) is 0.668. The molecule has 0 N–H and O–H groups in total. The Kier molecular flexibility index (Phi) is 6.81. The zero-order valence-electron chi connectivity index (χ0n) is 19.3. The lowest BCUT2D eigenvalue weighted by molar-refractivity contribution is -0.139. The third-order valence-electron chi connectivity index (χ3n) is 6.06. The highest BCUT2D eigenvalue weighted by atomic mass is 32.1. The van der Waals surface area contributed by atoms with Crippen LogP contribution in [0.1, 0.15) is 53.7 Å². The summed E-state index contributed by atoms with van der Waals surface area (Å²) < 4.78 is 47.7. The molecular formula is C23H23F3N8OS. The highest BCUT2D eigenvalue weighted by Crippen LogP contribution is 2.39. The van der Waals surface area contributed by atoms with E-state index >= 15 is 0 Å². The normalized spacial score (nSPS) is 15.7. The molecule has 0 amide bonds. The molecule has 0 bridgehead atoms. The minimum atomic E-state index is -4.57. The number of thiazole rings is 1. The molecule has 1 saturated heterocycles. The van der Waals surface area contributed by atoms with Crippen LogP contribution in [0.25, 0.3) is 0 Å². The molecule has 9 nitrogen and oxygen atoms in total. The molecule has 4 heterocycles. The van der Waals surface area contributed by atoms with Gasteiger partial charge in [-0.2, -0.15) is 17.9 Å². The van der Waals surface area contributed by atoms with E-state index in [9.17, 15) is 13.2 Å². The standard InChI is InChI=1S/C23H23F3N8OS/c1-2-15-11-27-22(28-12-15)33-9-7-16(8-10-33)20-30-18(13-36-20)21(34-14-29-31-32-34)35-19-6-4-3-5-17(19)23(24,25)26/h3-6,11-14,16,21H,2,7-10H2,1H3. The number of para-hydroxylation sites is 1. The van der Waals surface area contributed by atoms with E-state index in [0.29, 0.717) is 5.69 Å². The molecule has 1 aromatic carbocycles. The largest absolute Gasteiger partial charge is 0.462 e. The minimum Gasteiger partial charge on any atom is -0.462 e. The van der Waals surface area contributed by atoms with Crippen molar-refractivity contribution in [3.05, 3.63) is 70.2 Å². The van der Waals surface area contributed by atoms with Crippen molar-refractivity contribution in [3.8, 4) is 5.75 Å². The maximum atomic E-state index is 13.5. The Morgan fingerprint density at radius 2 is 1.89 bits per heavy atom. The third-order valence-corrected chi connectivity index (χ3v) is 7.08. The van der Waals surface area contributed by atoms with Crippen LogP contribution in [0.5, 0.6) is 5.75 Å². The zero-order chi connectivity index (χ0) is 25.1. The van der Waals surface area contributed by atoms with Gasteiger partial charge in [-0.1, -0.05) is 19.1 Å². The van der Waals surface area contributed by atoms with Gasteiger partial charge in [-0.15, -0.1) is 16.4 Å². The van der Waals surface area contributed by atoms with Gasteiger partial charge >= 0.3 is 6.18 Å². The van der Waals surface area contributed by atoms with Crippen LogP contribution < -0.4 is 9.64 Å². The highest BCUT2D eigenvalue weighted by Gasteiger charge is 2.35. The quantitative estimate of drug-likeness (QED) is 0.354. The van der Waals surface area contributed by atoms with Crippen LogP contribution in [0.15, 0.2) is 48.4 Å². The Bertz CT molecular complexity index is 1270. The zero-order valence-corrected chi connectivity index (χ0v) is 20.2. The Morgan fingerprint density at radius 3 is 2.56 bits per heavy atom. The molecule has 0 radical (unpaired) electrons. The number of aromatic nitrogens is 7. The monoisotopic (exact) mass is 516 g/mol. The van der Waals surface area contributed by atoms with Crippen molar-refractivity contribution >= 4 is 17.3 Å². The molecule has 1 aliphatic rings. The second-order valence-electron chi connectivity index (χ2n) is 8.37. The van der Waals surface area contributed by atoms with Crippen molar-refractivity contribution < 1.29 is 17.9 Å². The summed E-state index contributed by atoms with van der Waals surface area (Å²) in [6, 6.07) is 5.06. The summed E-state index contributed by atoms with van der Waals surface area (Å²) >= 11 is 1.46. The number of anilines is 1.